The van der Waals surface area contributed by atoms with E-state index in [9.17, 15) is 19.2 Å². The second-order valence-electron chi connectivity index (χ2n) is 7.87. The van der Waals surface area contributed by atoms with E-state index in [2.05, 4.69) is 31.1 Å². The Hall–Kier alpha value is -4.10. The number of aromatic nitrogens is 3. The number of ether oxygens (including phenoxy) is 1. The number of carbonyl (C=O) groups is 4. The first kappa shape index (κ1) is 26.0. The van der Waals surface area contributed by atoms with Crippen LogP contribution in [0, 0.1) is 6.92 Å². The fraction of sp³-hybridized carbons (Fsp3) is 0.250. The van der Waals surface area contributed by atoms with Crippen LogP contribution in [0.3, 0.4) is 0 Å². The number of anilines is 1. The van der Waals surface area contributed by atoms with Crippen LogP contribution in [0.1, 0.15) is 37.5 Å². The minimum Gasteiger partial charge on any atom is -0.464 e. The lowest BCUT2D eigenvalue weighted by Gasteiger charge is -2.17. The minimum absolute atomic E-state index is 0.103. The molecule has 4 aromatic rings. The molecule has 4 N–H and O–H groups in total. The Morgan fingerprint density at radius 3 is 2.73 bits per heavy atom. The number of aryl methyl sites for hydroxylation is 1. The number of esters is 1. The highest BCUT2D eigenvalue weighted by molar-refractivity contribution is 7.17. The van der Waals surface area contributed by atoms with Gasteiger partial charge in [0.25, 0.3) is 11.8 Å². The molecule has 4 rings (SSSR count). The van der Waals surface area contributed by atoms with Crippen LogP contribution in [-0.4, -0.2) is 58.1 Å². The van der Waals surface area contributed by atoms with Gasteiger partial charge in [-0.1, -0.05) is 29.5 Å². The lowest BCUT2D eigenvalue weighted by Crippen LogP contribution is -2.49. The van der Waals surface area contributed by atoms with Crippen LogP contribution in [0.15, 0.2) is 41.9 Å². The summed E-state index contributed by atoms with van der Waals surface area (Å²) >= 11 is 2.25. The highest BCUT2D eigenvalue weighted by Crippen LogP contribution is 2.23. The van der Waals surface area contributed by atoms with Crippen LogP contribution in [0.25, 0.3) is 10.9 Å². The van der Waals surface area contributed by atoms with Crippen LogP contribution in [-0.2, 0) is 20.7 Å². The second-order valence-corrected chi connectivity index (χ2v) is 9.82. The van der Waals surface area contributed by atoms with Gasteiger partial charge < -0.3 is 20.7 Å². The molecule has 0 aliphatic rings. The van der Waals surface area contributed by atoms with Crippen molar-refractivity contribution < 1.29 is 23.9 Å². The van der Waals surface area contributed by atoms with E-state index in [4.69, 9.17) is 4.74 Å². The summed E-state index contributed by atoms with van der Waals surface area (Å²) in [7, 11) is 0. The normalized spacial score (nSPS) is 11.6. The van der Waals surface area contributed by atoms with E-state index in [1.165, 1.54) is 11.3 Å². The van der Waals surface area contributed by atoms with E-state index in [0.717, 1.165) is 27.8 Å². The summed E-state index contributed by atoms with van der Waals surface area (Å²) in [6.45, 7) is 3.25. The molecule has 0 spiro atoms. The van der Waals surface area contributed by atoms with E-state index < -0.39 is 17.9 Å². The quantitative estimate of drug-likeness (QED) is 0.225. The second kappa shape index (κ2) is 11.8. The number of benzene rings is 1. The molecule has 3 amide bonds. The molecule has 37 heavy (non-hydrogen) atoms. The van der Waals surface area contributed by atoms with E-state index in [0.29, 0.717) is 10.6 Å². The van der Waals surface area contributed by atoms with Crippen LogP contribution < -0.4 is 16.0 Å². The monoisotopic (exact) mass is 540 g/mol. The van der Waals surface area contributed by atoms with Crippen molar-refractivity contribution in [3.63, 3.8) is 0 Å². The number of thiazole rings is 1. The van der Waals surface area contributed by atoms with Gasteiger partial charge in [-0.25, -0.2) is 9.78 Å². The van der Waals surface area contributed by atoms with Gasteiger partial charge in [0, 0.05) is 11.9 Å². The number of carbonyl (C=O) groups excluding carboxylic acids is 4. The predicted molar refractivity (Wildman–Crippen MR) is 140 cm³/mol. The molecule has 11 nitrogen and oxygen atoms in total. The van der Waals surface area contributed by atoms with Gasteiger partial charge in [-0.05, 0) is 36.9 Å². The topological polar surface area (TPSA) is 155 Å². The summed E-state index contributed by atoms with van der Waals surface area (Å²) in [4.78, 5) is 55.3. The Labute approximate surface area is 219 Å². The van der Waals surface area contributed by atoms with E-state index >= 15 is 0 Å². The molecular weight excluding hydrogens is 516 g/mol. The zero-order chi connectivity index (χ0) is 26.4. The van der Waals surface area contributed by atoms with Crippen molar-refractivity contribution in [2.45, 2.75) is 26.3 Å². The number of fused-ring (bicyclic) bond motifs is 1. The molecule has 3 heterocycles. The summed E-state index contributed by atoms with van der Waals surface area (Å²) in [6, 6.07) is 7.84. The molecule has 0 bridgehead atoms. The Bertz CT molecular complexity index is 1430. The number of aromatic amines is 1. The van der Waals surface area contributed by atoms with Crippen molar-refractivity contribution in [1.29, 1.82) is 0 Å². The molecule has 3 aromatic heterocycles. The van der Waals surface area contributed by atoms with Crippen molar-refractivity contribution >= 4 is 62.4 Å². The standard InChI is InChI=1S/C24H24N6O5S2/c1-3-35-23(34)17(12-25-21(32)18-8-5-9-36-18)28-22(33)20-13(2)27-24(37-20)29-19(31)10-14-6-4-7-16-15(14)11-26-30-16/h4-9,11,17H,3,10,12H2,1-2H3,(H,25,32)(H,26,30)(H,28,33)(H,27,29,31). The number of nitrogens with one attached hydrogen (secondary N) is 4. The van der Waals surface area contributed by atoms with Crippen LogP contribution in [0.4, 0.5) is 5.13 Å². The molecule has 0 saturated heterocycles. The maximum Gasteiger partial charge on any atom is 0.330 e. The van der Waals surface area contributed by atoms with Crippen molar-refractivity contribution in [2.24, 2.45) is 0 Å². The lowest BCUT2D eigenvalue weighted by molar-refractivity contribution is -0.145. The summed E-state index contributed by atoms with van der Waals surface area (Å²) in [6.07, 6.45) is 1.77. The number of nitrogens with zero attached hydrogens (tertiary/aromatic N) is 2. The zero-order valence-corrected chi connectivity index (χ0v) is 21.6. The van der Waals surface area contributed by atoms with Gasteiger partial charge in [0.15, 0.2) is 5.13 Å². The Morgan fingerprint density at radius 2 is 1.97 bits per heavy atom. The fourth-order valence-corrected chi connectivity index (χ4v) is 5.06. The van der Waals surface area contributed by atoms with Gasteiger partial charge >= 0.3 is 5.97 Å². The van der Waals surface area contributed by atoms with Gasteiger partial charge in [0.05, 0.1) is 35.3 Å². The first-order chi connectivity index (χ1) is 17.9. The highest BCUT2D eigenvalue weighted by atomic mass is 32.1. The summed E-state index contributed by atoms with van der Waals surface area (Å²) in [5, 5.41) is 17.7. The molecule has 0 aliphatic carbocycles. The molecule has 0 radical (unpaired) electrons. The van der Waals surface area contributed by atoms with E-state index in [1.54, 1.807) is 37.6 Å². The Balaban J connectivity index is 1.40. The number of hydrogen-bond donors (Lipinski definition) is 4. The molecule has 192 valence electrons. The lowest BCUT2D eigenvalue weighted by atomic mass is 10.1. The van der Waals surface area contributed by atoms with Crippen LogP contribution >= 0.6 is 22.7 Å². The summed E-state index contributed by atoms with van der Waals surface area (Å²) < 4.78 is 5.05. The summed E-state index contributed by atoms with van der Waals surface area (Å²) in [5.74, 6) is -1.90. The largest absolute Gasteiger partial charge is 0.464 e. The zero-order valence-electron chi connectivity index (χ0n) is 20.0. The van der Waals surface area contributed by atoms with Gasteiger partial charge in [-0.3, -0.25) is 19.5 Å². The smallest absolute Gasteiger partial charge is 0.330 e. The van der Waals surface area contributed by atoms with E-state index in [-0.39, 0.29) is 41.4 Å². The van der Waals surface area contributed by atoms with Crippen LogP contribution in [0.5, 0.6) is 0 Å². The van der Waals surface area contributed by atoms with Crippen molar-refractivity contribution in [1.82, 2.24) is 25.8 Å². The number of thiophene rings is 1. The number of hydrogen-bond acceptors (Lipinski definition) is 9. The molecular formula is C24H24N6O5S2. The number of rotatable bonds is 10. The van der Waals surface area contributed by atoms with Crippen LogP contribution in [0.2, 0.25) is 0 Å². The average Bonchev–Trinajstić information content (AvgIpc) is 3.63. The molecule has 13 heteroatoms. The number of amides is 3. The third kappa shape index (κ3) is 6.37. The van der Waals surface area contributed by atoms with Crippen molar-refractivity contribution in [3.8, 4) is 0 Å². The maximum atomic E-state index is 13.0. The minimum atomic E-state index is -1.11. The highest BCUT2D eigenvalue weighted by Gasteiger charge is 2.26. The SMILES string of the molecule is CCOC(=O)C(CNC(=O)c1cccs1)NC(=O)c1sc(NC(=O)Cc2cccc3[nH]ncc23)nc1C. The molecule has 0 aliphatic heterocycles. The Morgan fingerprint density at radius 1 is 1.14 bits per heavy atom. The third-order valence-corrected chi connectivity index (χ3v) is 7.20. The molecule has 1 unspecified atom stereocenters. The predicted octanol–water partition coefficient (Wildman–Crippen LogP) is 2.66. The first-order valence-electron chi connectivity index (χ1n) is 11.3. The fourth-order valence-electron chi connectivity index (χ4n) is 3.53. The van der Waals surface area contributed by atoms with E-state index in [1.807, 2.05) is 18.2 Å². The van der Waals surface area contributed by atoms with Crippen molar-refractivity contribution in [2.75, 3.05) is 18.5 Å². The average molecular weight is 541 g/mol. The summed E-state index contributed by atoms with van der Waals surface area (Å²) in [5.41, 5.74) is 2.02. The Kier molecular flexibility index (Phi) is 8.25. The van der Waals surface area contributed by atoms with Gasteiger partial charge in [0.2, 0.25) is 5.91 Å². The van der Waals surface area contributed by atoms with Gasteiger partial charge in [-0.15, -0.1) is 11.3 Å². The van der Waals surface area contributed by atoms with Gasteiger partial charge in [-0.2, -0.15) is 5.10 Å². The number of H-pyrrole nitrogens is 1. The maximum absolute atomic E-state index is 13.0. The van der Waals surface area contributed by atoms with Crippen molar-refractivity contribution in [3.05, 3.63) is 62.9 Å². The third-order valence-electron chi connectivity index (χ3n) is 5.26. The molecule has 1 aromatic carbocycles. The molecule has 0 saturated carbocycles. The molecule has 0 fully saturated rings. The van der Waals surface area contributed by atoms with Gasteiger partial charge in [0.1, 0.15) is 10.9 Å². The first-order valence-corrected chi connectivity index (χ1v) is 13.0. The molecule has 1 atom stereocenters.